The molecule has 0 aromatic carbocycles. The number of likely N-dealkylation sites (N-methyl/N-ethyl adjacent to an activating group) is 1. The van der Waals surface area contributed by atoms with Gasteiger partial charge in [-0.25, -0.2) is 0 Å². The lowest BCUT2D eigenvalue weighted by atomic mass is 9.96. The fourth-order valence-corrected chi connectivity index (χ4v) is 3.30. The fraction of sp³-hybridized carbons (Fsp3) is 0.917. The topological polar surface area (TPSA) is 47.6 Å². The van der Waals surface area contributed by atoms with Crippen LogP contribution in [0.2, 0.25) is 0 Å². The summed E-state index contributed by atoms with van der Waals surface area (Å²) in [5, 5.41) is 3.19. The van der Waals surface area contributed by atoms with Gasteiger partial charge in [-0.2, -0.15) is 11.8 Å². The normalized spacial score (nSPS) is 18.8. The minimum absolute atomic E-state index is 0.123. The number of rotatable bonds is 9. The zero-order chi connectivity index (χ0) is 12.7. The highest BCUT2D eigenvalue weighted by molar-refractivity contribution is 7.99. The van der Waals surface area contributed by atoms with Crippen LogP contribution < -0.4 is 5.32 Å². The molecular formula is C12H23NO3S. The smallest absolute Gasteiger partial charge is 0.327 e. The first-order valence-corrected chi connectivity index (χ1v) is 7.20. The van der Waals surface area contributed by atoms with E-state index >= 15 is 0 Å². The van der Waals surface area contributed by atoms with E-state index in [-0.39, 0.29) is 5.97 Å². The van der Waals surface area contributed by atoms with E-state index in [1.807, 2.05) is 7.05 Å². The molecule has 100 valence electrons. The Morgan fingerprint density at radius 3 is 2.65 bits per heavy atom. The van der Waals surface area contributed by atoms with Gasteiger partial charge in [0.1, 0.15) is 5.54 Å². The third-order valence-electron chi connectivity index (χ3n) is 3.24. The SMILES string of the molecule is CNC(CSCCCOC)(C(=O)OC)C1CC1. The Balaban J connectivity index is 2.43. The van der Waals surface area contributed by atoms with E-state index in [1.165, 1.54) is 7.11 Å². The van der Waals surface area contributed by atoms with Crippen LogP contribution >= 0.6 is 11.8 Å². The van der Waals surface area contributed by atoms with E-state index < -0.39 is 5.54 Å². The lowest BCUT2D eigenvalue weighted by Gasteiger charge is -2.30. The van der Waals surface area contributed by atoms with Gasteiger partial charge in [-0.15, -0.1) is 0 Å². The first kappa shape index (κ1) is 14.8. The van der Waals surface area contributed by atoms with Crippen LogP contribution in [0.3, 0.4) is 0 Å². The minimum Gasteiger partial charge on any atom is -0.468 e. The average Bonchev–Trinajstić information content (AvgIpc) is 3.18. The molecule has 1 fully saturated rings. The van der Waals surface area contributed by atoms with Crippen LogP contribution in [0.5, 0.6) is 0 Å². The standard InChI is InChI=1S/C12H23NO3S/c1-13-12(10-5-6-10,11(14)16-3)9-17-8-4-7-15-2/h10,13H,4-9H2,1-3H3. The molecule has 1 saturated carbocycles. The molecule has 4 nitrogen and oxygen atoms in total. The summed E-state index contributed by atoms with van der Waals surface area (Å²) < 4.78 is 9.95. The Kier molecular flexibility index (Phi) is 6.30. The molecule has 1 aliphatic rings. The summed E-state index contributed by atoms with van der Waals surface area (Å²) >= 11 is 1.79. The van der Waals surface area contributed by atoms with Crippen molar-refractivity contribution < 1.29 is 14.3 Å². The summed E-state index contributed by atoms with van der Waals surface area (Å²) in [5.74, 6) is 2.11. The summed E-state index contributed by atoms with van der Waals surface area (Å²) in [7, 11) is 5.03. The maximum Gasteiger partial charge on any atom is 0.327 e. The lowest BCUT2D eigenvalue weighted by molar-refractivity contribution is -0.148. The van der Waals surface area contributed by atoms with Gasteiger partial charge in [0.2, 0.25) is 0 Å². The second-order valence-corrected chi connectivity index (χ2v) is 5.49. The molecule has 0 amide bonds. The van der Waals surface area contributed by atoms with Crippen LogP contribution in [-0.4, -0.2) is 50.9 Å². The van der Waals surface area contributed by atoms with Gasteiger partial charge in [0.05, 0.1) is 7.11 Å². The predicted molar refractivity (Wildman–Crippen MR) is 70.3 cm³/mol. The number of hydrogen-bond acceptors (Lipinski definition) is 5. The largest absolute Gasteiger partial charge is 0.468 e. The third kappa shape index (κ3) is 3.86. The molecule has 5 heteroatoms. The first-order valence-electron chi connectivity index (χ1n) is 6.05. The Morgan fingerprint density at radius 2 is 2.18 bits per heavy atom. The van der Waals surface area contributed by atoms with Crippen LogP contribution in [0.25, 0.3) is 0 Å². The zero-order valence-corrected chi connectivity index (χ0v) is 11.8. The summed E-state index contributed by atoms with van der Waals surface area (Å²) in [6, 6.07) is 0. The lowest BCUT2D eigenvalue weighted by Crippen LogP contribution is -2.55. The quantitative estimate of drug-likeness (QED) is 0.501. The number of methoxy groups -OCH3 is 2. The van der Waals surface area contributed by atoms with Crippen LogP contribution in [0.15, 0.2) is 0 Å². The molecule has 1 unspecified atom stereocenters. The molecule has 17 heavy (non-hydrogen) atoms. The van der Waals surface area contributed by atoms with E-state index in [1.54, 1.807) is 18.9 Å². The molecule has 1 N–H and O–H groups in total. The van der Waals surface area contributed by atoms with Gasteiger partial charge < -0.3 is 14.8 Å². The van der Waals surface area contributed by atoms with Gasteiger partial charge >= 0.3 is 5.97 Å². The van der Waals surface area contributed by atoms with Crippen molar-refractivity contribution >= 4 is 17.7 Å². The van der Waals surface area contributed by atoms with Crippen molar-refractivity contribution in [1.82, 2.24) is 5.32 Å². The summed E-state index contributed by atoms with van der Waals surface area (Å²) in [5.41, 5.74) is -0.480. The summed E-state index contributed by atoms with van der Waals surface area (Å²) in [6.07, 6.45) is 3.26. The molecule has 0 saturated heterocycles. The molecule has 1 atom stereocenters. The minimum atomic E-state index is -0.480. The van der Waals surface area contributed by atoms with Gasteiger partial charge in [-0.05, 0) is 38.0 Å². The van der Waals surface area contributed by atoms with Crippen LogP contribution in [0, 0.1) is 5.92 Å². The van der Waals surface area contributed by atoms with Crippen molar-refractivity contribution in [2.45, 2.75) is 24.8 Å². The highest BCUT2D eigenvalue weighted by atomic mass is 32.2. The number of ether oxygens (including phenoxy) is 2. The molecular weight excluding hydrogens is 238 g/mol. The molecule has 0 heterocycles. The molecule has 0 radical (unpaired) electrons. The van der Waals surface area contributed by atoms with E-state index in [2.05, 4.69) is 5.32 Å². The van der Waals surface area contributed by atoms with E-state index in [4.69, 9.17) is 9.47 Å². The van der Waals surface area contributed by atoms with E-state index in [9.17, 15) is 4.79 Å². The van der Waals surface area contributed by atoms with Gasteiger partial charge in [0.15, 0.2) is 0 Å². The van der Waals surface area contributed by atoms with Gasteiger partial charge in [-0.1, -0.05) is 0 Å². The molecule has 0 aromatic rings. The molecule has 1 rings (SSSR count). The molecule has 0 aromatic heterocycles. The monoisotopic (exact) mass is 261 g/mol. The third-order valence-corrected chi connectivity index (χ3v) is 4.47. The van der Waals surface area contributed by atoms with Crippen molar-refractivity contribution in [3.8, 4) is 0 Å². The van der Waals surface area contributed by atoms with Crippen molar-refractivity contribution in [1.29, 1.82) is 0 Å². The van der Waals surface area contributed by atoms with Crippen molar-refractivity contribution in [3.05, 3.63) is 0 Å². The van der Waals surface area contributed by atoms with Crippen LogP contribution in [-0.2, 0) is 14.3 Å². The molecule has 0 spiro atoms. The second kappa shape index (κ2) is 7.24. The Labute approximate surface area is 108 Å². The number of nitrogens with one attached hydrogen (secondary N) is 1. The Morgan fingerprint density at radius 1 is 1.47 bits per heavy atom. The maximum absolute atomic E-state index is 11.9. The summed E-state index contributed by atoms with van der Waals surface area (Å²) in [4.78, 5) is 11.9. The molecule has 0 bridgehead atoms. The molecule has 0 aliphatic heterocycles. The fourth-order valence-electron chi connectivity index (χ4n) is 2.02. The number of carbonyl (C=O) groups is 1. The van der Waals surface area contributed by atoms with Crippen LogP contribution in [0.4, 0.5) is 0 Å². The highest BCUT2D eigenvalue weighted by Gasteiger charge is 2.50. The molecule has 1 aliphatic carbocycles. The second-order valence-electron chi connectivity index (χ2n) is 4.39. The Hall–Kier alpha value is -0.260. The van der Waals surface area contributed by atoms with Crippen molar-refractivity contribution in [3.63, 3.8) is 0 Å². The van der Waals surface area contributed by atoms with E-state index in [0.717, 1.165) is 37.4 Å². The Bertz CT molecular complexity index is 246. The highest BCUT2D eigenvalue weighted by Crippen LogP contribution is 2.42. The number of carbonyl (C=O) groups excluding carboxylic acids is 1. The van der Waals surface area contributed by atoms with Gasteiger partial charge in [0.25, 0.3) is 0 Å². The van der Waals surface area contributed by atoms with Crippen molar-refractivity contribution in [2.24, 2.45) is 5.92 Å². The number of hydrogen-bond donors (Lipinski definition) is 1. The van der Waals surface area contributed by atoms with Crippen LogP contribution in [0.1, 0.15) is 19.3 Å². The van der Waals surface area contributed by atoms with Crippen molar-refractivity contribution in [2.75, 3.05) is 39.4 Å². The summed E-state index contributed by atoms with van der Waals surface area (Å²) in [6.45, 7) is 0.779. The van der Waals surface area contributed by atoms with Gasteiger partial charge in [-0.3, -0.25) is 4.79 Å². The zero-order valence-electron chi connectivity index (χ0n) is 11.0. The predicted octanol–water partition coefficient (Wildman–Crippen LogP) is 1.30. The maximum atomic E-state index is 11.9. The average molecular weight is 261 g/mol. The number of esters is 1. The van der Waals surface area contributed by atoms with E-state index in [0.29, 0.717) is 5.92 Å². The number of thioether (sulfide) groups is 1. The van der Waals surface area contributed by atoms with Gasteiger partial charge in [0, 0.05) is 19.5 Å². The first-order chi connectivity index (χ1) is 8.21.